The molecule has 3 aromatic heterocycles. The summed E-state index contributed by atoms with van der Waals surface area (Å²) < 4.78 is 10.9. The summed E-state index contributed by atoms with van der Waals surface area (Å²) in [5.41, 5.74) is 9.68. The van der Waals surface area contributed by atoms with Crippen molar-refractivity contribution < 1.29 is 9.47 Å². The second kappa shape index (κ2) is 6.25. The largest absolute Gasteiger partial charge is 0.481 e. The van der Waals surface area contributed by atoms with Gasteiger partial charge >= 0.3 is 0 Å². The Morgan fingerprint density at radius 3 is 3.00 bits per heavy atom. The van der Waals surface area contributed by atoms with Crippen LogP contribution in [-0.2, 0) is 4.74 Å². The monoisotopic (exact) mass is 339 g/mol. The summed E-state index contributed by atoms with van der Waals surface area (Å²) in [5.74, 6) is 1.03. The van der Waals surface area contributed by atoms with Gasteiger partial charge in [0.15, 0.2) is 0 Å². The van der Waals surface area contributed by atoms with E-state index < -0.39 is 0 Å². The third kappa shape index (κ3) is 2.87. The van der Waals surface area contributed by atoms with Crippen LogP contribution in [0.1, 0.15) is 6.92 Å². The number of pyridine rings is 2. The van der Waals surface area contributed by atoms with E-state index in [0.717, 1.165) is 34.5 Å². The van der Waals surface area contributed by atoms with Crippen molar-refractivity contribution in [1.29, 1.82) is 0 Å². The smallest absolute Gasteiger partial charge is 0.215 e. The average Bonchev–Trinajstić information content (AvgIpc) is 3.09. The molecule has 4 rings (SSSR count). The molecule has 3 aromatic rings. The number of hydrogen-bond acceptors (Lipinski definition) is 6. The van der Waals surface area contributed by atoms with Crippen LogP contribution in [0.2, 0.25) is 0 Å². The molecule has 1 aliphatic rings. The van der Waals surface area contributed by atoms with Crippen LogP contribution in [0.5, 0.6) is 5.88 Å². The summed E-state index contributed by atoms with van der Waals surface area (Å²) in [6, 6.07) is 8.16. The van der Waals surface area contributed by atoms with Gasteiger partial charge in [0, 0.05) is 47.6 Å². The number of anilines is 2. The molecule has 7 heteroatoms. The summed E-state index contributed by atoms with van der Waals surface area (Å²) in [5, 5.41) is 0.986. The second-order valence-electron chi connectivity index (χ2n) is 6.20. The number of nitrogens with zero attached hydrogens (tertiary/aromatic N) is 3. The molecular weight excluding hydrogens is 318 g/mol. The molecular formula is C18H21N5O2. The number of methoxy groups -OCH3 is 1. The normalized spacial score (nSPS) is 17.8. The Bertz CT molecular complexity index is 908. The molecule has 0 saturated carbocycles. The standard InChI is InChI=1S/C18H21N5O2/c1-11-10-25-6-5-23(11)12-7-15(21-16(19)8-12)14-9-17(24-2)22-18-13(14)3-4-20-18/h3-4,7-9,11H,5-6,10H2,1-2H3,(H2,19,21)(H,20,22)/t11-/m1/s1. The van der Waals surface area contributed by atoms with Gasteiger partial charge < -0.3 is 25.1 Å². The molecule has 0 aliphatic carbocycles. The number of aromatic nitrogens is 3. The molecule has 0 radical (unpaired) electrons. The Balaban J connectivity index is 1.85. The predicted octanol–water partition coefficient (Wildman–Crippen LogP) is 2.44. The fourth-order valence-corrected chi connectivity index (χ4v) is 3.28. The van der Waals surface area contributed by atoms with Crippen LogP contribution in [-0.4, -0.2) is 47.9 Å². The van der Waals surface area contributed by atoms with Crippen molar-refractivity contribution >= 4 is 22.5 Å². The fourth-order valence-electron chi connectivity index (χ4n) is 3.28. The summed E-state index contributed by atoms with van der Waals surface area (Å²) in [7, 11) is 1.61. The van der Waals surface area contributed by atoms with E-state index in [-0.39, 0.29) is 0 Å². The van der Waals surface area contributed by atoms with Crippen molar-refractivity contribution in [3.63, 3.8) is 0 Å². The van der Waals surface area contributed by atoms with Crippen molar-refractivity contribution in [3.8, 4) is 17.1 Å². The van der Waals surface area contributed by atoms with E-state index >= 15 is 0 Å². The first-order chi connectivity index (χ1) is 12.2. The van der Waals surface area contributed by atoms with E-state index in [9.17, 15) is 0 Å². The summed E-state index contributed by atoms with van der Waals surface area (Å²) in [6.07, 6.45) is 1.86. The lowest BCUT2D eigenvalue weighted by Gasteiger charge is -2.35. The van der Waals surface area contributed by atoms with Gasteiger partial charge in [-0.25, -0.2) is 4.98 Å². The van der Waals surface area contributed by atoms with Gasteiger partial charge in [0.25, 0.3) is 0 Å². The van der Waals surface area contributed by atoms with Crippen LogP contribution in [0, 0.1) is 0 Å². The Morgan fingerprint density at radius 2 is 2.20 bits per heavy atom. The van der Waals surface area contributed by atoms with Crippen LogP contribution >= 0.6 is 0 Å². The molecule has 25 heavy (non-hydrogen) atoms. The highest BCUT2D eigenvalue weighted by molar-refractivity contribution is 5.93. The lowest BCUT2D eigenvalue weighted by atomic mass is 10.1. The molecule has 0 spiro atoms. The summed E-state index contributed by atoms with van der Waals surface area (Å²) >= 11 is 0. The van der Waals surface area contributed by atoms with Gasteiger partial charge in [0.1, 0.15) is 11.5 Å². The number of nitrogens with one attached hydrogen (secondary N) is 1. The van der Waals surface area contributed by atoms with Gasteiger partial charge in [-0.3, -0.25) is 0 Å². The number of fused-ring (bicyclic) bond motifs is 1. The van der Waals surface area contributed by atoms with Crippen molar-refractivity contribution in [2.75, 3.05) is 37.5 Å². The van der Waals surface area contributed by atoms with Crippen LogP contribution in [0.4, 0.5) is 11.5 Å². The molecule has 0 bridgehead atoms. The van der Waals surface area contributed by atoms with Crippen molar-refractivity contribution in [1.82, 2.24) is 15.0 Å². The number of nitrogens with two attached hydrogens (primary N) is 1. The SMILES string of the molecule is COc1cc(-c2cc(N3CCOC[C@H]3C)cc(N)n2)c2cc[nH]c2n1. The van der Waals surface area contributed by atoms with Gasteiger partial charge in [-0.2, -0.15) is 4.98 Å². The third-order valence-electron chi connectivity index (χ3n) is 4.52. The van der Waals surface area contributed by atoms with Crippen molar-refractivity contribution in [3.05, 3.63) is 30.5 Å². The number of rotatable bonds is 3. The maximum absolute atomic E-state index is 6.12. The van der Waals surface area contributed by atoms with Crippen molar-refractivity contribution in [2.45, 2.75) is 13.0 Å². The van der Waals surface area contributed by atoms with Gasteiger partial charge in [-0.05, 0) is 19.1 Å². The Labute approximate surface area is 145 Å². The van der Waals surface area contributed by atoms with E-state index in [1.807, 2.05) is 24.4 Å². The van der Waals surface area contributed by atoms with E-state index in [0.29, 0.717) is 31.0 Å². The molecule has 1 aliphatic heterocycles. The van der Waals surface area contributed by atoms with Gasteiger partial charge in [0.2, 0.25) is 5.88 Å². The minimum absolute atomic E-state index is 0.294. The molecule has 7 nitrogen and oxygen atoms in total. The first kappa shape index (κ1) is 15.7. The summed E-state index contributed by atoms with van der Waals surface area (Å²) in [4.78, 5) is 14.4. The maximum atomic E-state index is 6.12. The first-order valence-corrected chi connectivity index (χ1v) is 8.30. The Kier molecular flexibility index (Phi) is 3.93. The zero-order valence-corrected chi connectivity index (χ0v) is 14.3. The highest BCUT2D eigenvalue weighted by Crippen LogP contribution is 2.33. The number of nitrogen functional groups attached to an aromatic ring is 1. The van der Waals surface area contributed by atoms with Gasteiger partial charge in [-0.15, -0.1) is 0 Å². The minimum atomic E-state index is 0.294. The number of aromatic amines is 1. The quantitative estimate of drug-likeness (QED) is 0.762. The average molecular weight is 339 g/mol. The number of morpholine rings is 1. The molecule has 0 aromatic carbocycles. The topological polar surface area (TPSA) is 89.3 Å². The van der Waals surface area contributed by atoms with Gasteiger partial charge in [0.05, 0.1) is 26.0 Å². The number of ether oxygens (including phenoxy) is 2. The highest BCUT2D eigenvalue weighted by Gasteiger charge is 2.21. The summed E-state index contributed by atoms with van der Waals surface area (Å²) in [6.45, 7) is 4.41. The Morgan fingerprint density at radius 1 is 1.32 bits per heavy atom. The Hall–Kier alpha value is -2.80. The molecule has 1 atom stereocenters. The van der Waals surface area contributed by atoms with Crippen LogP contribution in [0.3, 0.4) is 0 Å². The predicted molar refractivity (Wildman–Crippen MR) is 97.9 cm³/mol. The van der Waals surface area contributed by atoms with E-state index in [1.165, 1.54) is 0 Å². The molecule has 1 fully saturated rings. The van der Waals surface area contributed by atoms with E-state index in [4.69, 9.17) is 15.2 Å². The van der Waals surface area contributed by atoms with Crippen molar-refractivity contribution in [2.24, 2.45) is 0 Å². The fraction of sp³-hybridized carbons (Fsp3) is 0.333. The van der Waals surface area contributed by atoms with Crippen LogP contribution in [0.15, 0.2) is 30.5 Å². The molecule has 3 N–H and O–H groups in total. The molecule has 0 amide bonds. The highest BCUT2D eigenvalue weighted by atomic mass is 16.5. The molecule has 4 heterocycles. The van der Waals surface area contributed by atoms with Crippen LogP contribution in [0.25, 0.3) is 22.3 Å². The zero-order chi connectivity index (χ0) is 17.4. The molecule has 0 unspecified atom stereocenters. The first-order valence-electron chi connectivity index (χ1n) is 8.30. The number of hydrogen-bond donors (Lipinski definition) is 2. The lowest BCUT2D eigenvalue weighted by Crippen LogP contribution is -2.43. The van der Waals surface area contributed by atoms with Crippen LogP contribution < -0.4 is 15.4 Å². The minimum Gasteiger partial charge on any atom is -0.481 e. The zero-order valence-electron chi connectivity index (χ0n) is 14.3. The van der Waals surface area contributed by atoms with Gasteiger partial charge in [-0.1, -0.05) is 0 Å². The van der Waals surface area contributed by atoms with E-state index in [2.05, 4.69) is 32.8 Å². The second-order valence-corrected chi connectivity index (χ2v) is 6.20. The third-order valence-corrected chi connectivity index (χ3v) is 4.52. The van der Waals surface area contributed by atoms with E-state index in [1.54, 1.807) is 7.11 Å². The lowest BCUT2D eigenvalue weighted by molar-refractivity contribution is 0.0989. The maximum Gasteiger partial charge on any atom is 0.215 e. The number of H-pyrrole nitrogens is 1. The molecule has 130 valence electrons. The molecule has 1 saturated heterocycles.